The number of hydrogen-bond acceptors (Lipinski definition) is 5. The number of nitro groups is 1. The van der Waals surface area contributed by atoms with E-state index < -0.39 is 4.92 Å². The van der Waals surface area contributed by atoms with Gasteiger partial charge in [0.25, 0.3) is 5.69 Å². The Hall–Kier alpha value is -2.32. The van der Waals surface area contributed by atoms with Gasteiger partial charge in [0.15, 0.2) is 5.75 Å². The van der Waals surface area contributed by atoms with Crippen LogP contribution in [-0.4, -0.2) is 24.0 Å². The first-order valence-corrected chi connectivity index (χ1v) is 8.47. The Balaban J connectivity index is 2.01. The third-order valence-corrected chi connectivity index (χ3v) is 3.91. The van der Waals surface area contributed by atoms with Gasteiger partial charge in [0.2, 0.25) is 5.91 Å². The second-order valence-corrected chi connectivity index (χ2v) is 6.19. The number of anilines is 2. The number of carbonyl (C=O) groups is 1. The molecule has 0 heterocycles. The summed E-state index contributed by atoms with van der Waals surface area (Å²) in [5.41, 5.74) is 1.01. The maximum absolute atomic E-state index is 12.1. The van der Waals surface area contributed by atoms with Crippen LogP contribution in [0.25, 0.3) is 0 Å². The van der Waals surface area contributed by atoms with Crippen LogP contribution in [0.2, 0.25) is 5.02 Å². The van der Waals surface area contributed by atoms with E-state index in [-0.39, 0.29) is 18.1 Å². The molecule has 1 amide bonds. The van der Waals surface area contributed by atoms with E-state index in [1.54, 1.807) is 12.1 Å². The number of ether oxygens (including phenoxy) is 1. The Morgan fingerprint density at radius 1 is 1.32 bits per heavy atom. The highest BCUT2D eigenvalue weighted by atomic mass is 79.9. The number of nitro benzene ring substituents is 1. The summed E-state index contributed by atoms with van der Waals surface area (Å²) in [7, 11) is 0. The zero-order chi connectivity index (χ0) is 18.4. The van der Waals surface area contributed by atoms with E-state index in [0.717, 1.165) is 0 Å². The fourth-order valence-electron chi connectivity index (χ4n) is 2.03. The molecule has 0 aromatic heterocycles. The van der Waals surface area contributed by atoms with Crippen molar-refractivity contribution in [1.29, 1.82) is 0 Å². The van der Waals surface area contributed by atoms with Crippen LogP contribution in [0.15, 0.2) is 40.9 Å². The van der Waals surface area contributed by atoms with E-state index in [2.05, 4.69) is 26.6 Å². The molecule has 0 aliphatic rings. The number of carbonyl (C=O) groups excluding carboxylic acids is 1. The molecule has 132 valence electrons. The topological polar surface area (TPSA) is 93.5 Å². The molecular formula is C16H15BrClN3O4. The third kappa shape index (κ3) is 5.33. The second-order valence-electron chi connectivity index (χ2n) is 4.90. The summed E-state index contributed by atoms with van der Waals surface area (Å²) in [6.45, 7) is 2.29. The van der Waals surface area contributed by atoms with E-state index in [0.29, 0.717) is 33.2 Å². The highest BCUT2D eigenvalue weighted by Gasteiger charge is 2.12. The van der Waals surface area contributed by atoms with Crippen molar-refractivity contribution in [1.82, 2.24) is 0 Å². The maximum Gasteiger partial charge on any atom is 0.269 e. The van der Waals surface area contributed by atoms with Crippen LogP contribution in [0.4, 0.5) is 17.1 Å². The quantitative estimate of drug-likeness (QED) is 0.501. The minimum Gasteiger partial charge on any atom is -0.491 e. The van der Waals surface area contributed by atoms with E-state index in [9.17, 15) is 14.9 Å². The van der Waals surface area contributed by atoms with Crippen LogP contribution in [-0.2, 0) is 4.79 Å². The summed E-state index contributed by atoms with van der Waals surface area (Å²) < 4.78 is 6.23. The van der Waals surface area contributed by atoms with Crippen molar-refractivity contribution in [2.24, 2.45) is 0 Å². The number of rotatable bonds is 7. The van der Waals surface area contributed by atoms with Gasteiger partial charge < -0.3 is 15.4 Å². The first-order valence-electron chi connectivity index (χ1n) is 7.30. The molecule has 2 N–H and O–H groups in total. The van der Waals surface area contributed by atoms with Gasteiger partial charge in [0.05, 0.1) is 28.2 Å². The first-order chi connectivity index (χ1) is 11.9. The molecule has 0 saturated carbocycles. The smallest absolute Gasteiger partial charge is 0.269 e. The molecule has 0 radical (unpaired) electrons. The predicted molar refractivity (Wildman–Crippen MR) is 101 cm³/mol. The molecule has 0 aliphatic carbocycles. The molecule has 0 fully saturated rings. The van der Waals surface area contributed by atoms with Crippen LogP contribution in [0, 0.1) is 10.1 Å². The summed E-state index contributed by atoms with van der Waals surface area (Å²) in [6, 6.07) is 8.95. The molecular weight excluding hydrogens is 414 g/mol. The number of nitrogens with one attached hydrogen (secondary N) is 2. The second kappa shape index (κ2) is 8.68. The van der Waals surface area contributed by atoms with Crippen molar-refractivity contribution in [2.75, 3.05) is 23.8 Å². The number of amides is 1. The van der Waals surface area contributed by atoms with Crippen LogP contribution >= 0.6 is 27.5 Å². The van der Waals surface area contributed by atoms with Crippen LogP contribution in [0.5, 0.6) is 5.75 Å². The summed E-state index contributed by atoms with van der Waals surface area (Å²) in [6.07, 6.45) is 0. The Kier molecular flexibility index (Phi) is 6.60. The highest BCUT2D eigenvalue weighted by molar-refractivity contribution is 9.10. The van der Waals surface area contributed by atoms with E-state index in [1.165, 1.54) is 24.3 Å². The van der Waals surface area contributed by atoms with Gasteiger partial charge in [-0.3, -0.25) is 14.9 Å². The van der Waals surface area contributed by atoms with Crippen molar-refractivity contribution in [3.63, 3.8) is 0 Å². The summed E-state index contributed by atoms with van der Waals surface area (Å²) in [4.78, 5) is 22.2. The highest BCUT2D eigenvalue weighted by Crippen LogP contribution is 2.36. The predicted octanol–water partition coefficient (Wildman–Crippen LogP) is 4.46. The lowest BCUT2D eigenvalue weighted by atomic mass is 10.2. The zero-order valence-corrected chi connectivity index (χ0v) is 15.6. The normalized spacial score (nSPS) is 10.2. The first kappa shape index (κ1) is 19.0. The SMILES string of the molecule is CCOc1c(Br)cc(Cl)cc1NCC(=O)Nc1ccc([N+](=O)[O-])cc1. The lowest BCUT2D eigenvalue weighted by Crippen LogP contribution is -2.22. The number of hydrogen-bond donors (Lipinski definition) is 2. The van der Waals surface area contributed by atoms with Crippen molar-refractivity contribution >= 4 is 50.5 Å². The fraction of sp³-hybridized carbons (Fsp3) is 0.188. The maximum atomic E-state index is 12.1. The van der Waals surface area contributed by atoms with Crippen LogP contribution in [0.1, 0.15) is 6.92 Å². The molecule has 25 heavy (non-hydrogen) atoms. The Morgan fingerprint density at radius 3 is 2.60 bits per heavy atom. The molecule has 7 nitrogen and oxygen atoms in total. The van der Waals surface area contributed by atoms with Gasteiger partial charge in [0, 0.05) is 22.8 Å². The molecule has 2 aromatic carbocycles. The number of halogens is 2. The third-order valence-electron chi connectivity index (χ3n) is 3.10. The molecule has 2 rings (SSSR count). The van der Waals surface area contributed by atoms with Gasteiger partial charge in [0.1, 0.15) is 0 Å². The number of nitrogens with zero attached hydrogens (tertiary/aromatic N) is 1. The Labute approximate surface area is 157 Å². The molecule has 0 bridgehead atoms. The van der Waals surface area contributed by atoms with Gasteiger partial charge >= 0.3 is 0 Å². The summed E-state index contributed by atoms with van der Waals surface area (Å²) in [5.74, 6) is 0.252. The lowest BCUT2D eigenvalue weighted by molar-refractivity contribution is -0.384. The molecule has 0 unspecified atom stereocenters. The molecule has 9 heteroatoms. The van der Waals surface area contributed by atoms with Crippen molar-refractivity contribution < 1.29 is 14.5 Å². The van der Waals surface area contributed by atoms with Gasteiger partial charge in [-0.2, -0.15) is 0 Å². The number of non-ortho nitro benzene ring substituents is 1. The lowest BCUT2D eigenvalue weighted by Gasteiger charge is -2.14. The minimum absolute atomic E-state index is 0.0240. The minimum atomic E-state index is -0.501. The standard InChI is InChI=1S/C16H15BrClN3O4/c1-2-25-16-13(17)7-10(18)8-14(16)19-9-15(22)20-11-3-5-12(6-4-11)21(23)24/h3-8,19H,2,9H2,1H3,(H,20,22). The van der Waals surface area contributed by atoms with Gasteiger partial charge in [-0.25, -0.2) is 0 Å². The van der Waals surface area contributed by atoms with E-state index in [4.69, 9.17) is 16.3 Å². The van der Waals surface area contributed by atoms with Crippen molar-refractivity contribution in [3.8, 4) is 5.75 Å². The van der Waals surface area contributed by atoms with E-state index in [1.807, 2.05) is 6.92 Å². The largest absolute Gasteiger partial charge is 0.491 e. The monoisotopic (exact) mass is 427 g/mol. The van der Waals surface area contributed by atoms with Crippen molar-refractivity contribution in [2.45, 2.75) is 6.92 Å². The van der Waals surface area contributed by atoms with Gasteiger partial charge in [-0.1, -0.05) is 11.6 Å². The van der Waals surface area contributed by atoms with Gasteiger partial charge in [-0.15, -0.1) is 0 Å². The Bertz CT molecular complexity index is 784. The number of benzene rings is 2. The van der Waals surface area contributed by atoms with Gasteiger partial charge in [-0.05, 0) is 47.1 Å². The van der Waals surface area contributed by atoms with Crippen molar-refractivity contribution in [3.05, 3.63) is 56.0 Å². The Morgan fingerprint density at radius 2 is 2.00 bits per heavy atom. The molecule has 0 spiro atoms. The molecule has 0 aliphatic heterocycles. The summed E-state index contributed by atoms with van der Waals surface area (Å²) in [5, 5.41) is 16.7. The van der Waals surface area contributed by atoms with E-state index >= 15 is 0 Å². The average molecular weight is 429 g/mol. The summed E-state index contributed by atoms with van der Waals surface area (Å²) >= 11 is 9.40. The van der Waals surface area contributed by atoms with Crippen LogP contribution < -0.4 is 15.4 Å². The molecule has 0 saturated heterocycles. The molecule has 0 atom stereocenters. The molecule has 2 aromatic rings. The van der Waals surface area contributed by atoms with Crippen LogP contribution in [0.3, 0.4) is 0 Å². The average Bonchev–Trinajstić information content (AvgIpc) is 2.56. The fourth-order valence-corrected chi connectivity index (χ4v) is 2.95. The zero-order valence-electron chi connectivity index (χ0n) is 13.2.